The molecule has 2 amide bonds. The van der Waals surface area contributed by atoms with Gasteiger partial charge in [-0.2, -0.15) is 5.10 Å². The van der Waals surface area contributed by atoms with Gasteiger partial charge in [0.1, 0.15) is 0 Å². The van der Waals surface area contributed by atoms with E-state index in [0.29, 0.717) is 6.54 Å². The zero-order valence-corrected chi connectivity index (χ0v) is 16.9. The lowest BCUT2D eigenvalue weighted by molar-refractivity contribution is -0.121. The third-order valence-electron chi connectivity index (χ3n) is 5.43. The van der Waals surface area contributed by atoms with Crippen molar-refractivity contribution in [2.45, 2.75) is 40.2 Å². The molecule has 0 atom stereocenters. The number of amides is 2. The molecule has 2 aromatic rings. The number of nitrogens with one attached hydrogen (secondary N) is 2. The van der Waals surface area contributed by atoms with E-state index in [1.807, 2.05) is 45.2 Å². The summed E-state index contributed by atoms with van der Waals surface area (Å²) < 4.78 is 1.78. The second-order valence-corrected chi connectivity index (χ2v) is 7.42. The molecule has 1 aliphatic rings. The first-order valence-corrected chi connectivity index (χ1v) is 9.88. The fraction of sp³-hybridized carbons (Fsp3) is 0.476. The standard InChI is InChI=1S/C21H29N5O2/c1-4-26-13-18(12-22-26)23-21(28)17-8-10-25(11-9-17)14-20(27)24-19-7-5-6-15(2)16(19)3/h5-7,12-13,17H,4,8-11,14H2,1-3H3,(H,23,28)(H,24,27). The monoisotopic (exact) mass is 383 g/mol. The van der Waals surface area contributed by atoms with Crippen LogP contribution in [0.1, 0.15) is 30.9 Å². The highest BCUT2D eigenvalue weighted by molar-refractivity contribution is 5.93. The highest BCUT2D eigenvalue weighted by atomic mass is 16.2. The Balaban J connectivity index is 1.45. The molecule has 0 radical (unpaired) electrons. The summed E-state index contributed by atoms with van der Waals surface area (Å²) in [5, 5.41) is 10.1. The molecule has 28 heavy (non-hydrogen) atoms. The van der Waals surface area contributed by atoms with Crippen molar-refractivity contribution in [3.05, 3.63) is 41.7 Å². The van der Waals surface area contributed by atoms with E-state index in [9.17, 15) is 9.59 Å². The largest absolute Gasteiger partial charge is 0.325 e. The number of aryl methyl sites for hydroxylation is 2. The summed E-state index contributed by atoms with van der Waals surface area (Å²) in [6.07, 6.45) is 5.02. The Hall–Kier alpha value is -2.67. The van der Waals surface area contributed by atoms with Gasteiger partial charge in [-0.05, 0) is 63.9 Å². The second-order valence-electron chi connectivity index (χ2n) is 7.42. The van der Waals surface area contributed by atoms with Gasteiger partial charge >= 0.3 is 0 Å². The van der Waals surface area contributed by atoms with Gasteiger partial charge in [-0.1, -0.05) is 12.1 Å². The van der Waals surface area contributed by atoms with Gasteiger partial charge in [0.25, 0.3) is 0 Å². The summed E-state index contributed by atoms with van der Waals surface area (Å²) in [6, 6.07) is 5.91. The quantitative estimate of drug-likeness (QED) is 0.804. The Labute approximate surface area is 166 Å². The Kier molecular flexibility index (Phi) is 6.46. The molecular weight excluding hydrogens is 354 g/mol. The number of benzene rings is 1. The predicted molar refractivity (Wildman–Crippen MR) is 110 cm³/mol. The predicted octanol–water partition coefficient (Wildman–Crippen LogP) is 2.81. The summed E-state index contributed by atoms with van der Waals surface area (Å²) in [4.78, 5) is 27.0. The molecule has 1 aromatic heterocycles. The SMILES string of the molecule is CCn1cc(NC(=O)C2CCN(CC(=O)Nc3cccc(C)c3C)CC2)cn1. The molecule has 1 aliphatic heterocycles. The van der Waals surface area contributed by atoms with E-state index in [0.717, 1.165) is 55.0 Å². The molecule has 7 heteroatoms. The van der Waals surface area contributed by atoms with Crippen LogP contribution in [-0.4, -0.2) is 46.1 Å². The minimum atomic E-state index is -0.0247. The summed E-state index contributed by atoms with van der Waals surface area (Å²) in [5.74, 6) is 0.00188. The van der Waals surface area contributed by atoms with Gasteiger partial charge in [-0.15, -0.1) is 0 Å². The summed E-state index contributed by atoms with van der Waals surface area (Å²) in [7, 11) is 0. The Bertz CT molecular complexity index is 837. The molecule has 2 N–H and O–H groups in total. The second kappa shape index (κ2) is 9.01. The molecule has 150 valence electrons. The van der Waals surface area contributed by atoms with Crippen LogP contribution in [0.25, 0.3) is 0 Å². The number of piperidine rings is 1. The lowest BCUT2D eigenvalue weighted by atomic mass is 9.96. The number of rotatable bonds is 6. The maximum atomic E-state index is 12.5. The topological polar surface area (TPSA) is 79.3 Å². The average Bonchev–Trinajstić information content (AvgIpc) is 3.13. The summed E-state index contributed by atoms with van der Waals surface area (Å²) >= 11 is 0. The molecule has 0 unspecified atom stereocenters. The van der Waals surface area contributed by atoms with Gasteiger partial charge in [-0.25, -0.2) is 0 Å². The van der Waals surface area contributed by atoms with Crippen LogP contribution in [0.15, 0.2) is 30.6 Å². The van der Waals surface area contributed by atoms with Crippen molar-refractivity contribution in [1.82, 2.24) is 14.7 Å². The number of hydrogen-bond acceptors (Lipinski definition) is 4. The zero-order chi connectivity index (χ0) is 20.1. The smallest absolute Gasteiger partial charge is 0.238 e. The van der Waals surface area contributed by atoms with Crippen molar-refractivity contribution in [3.63, 3.8) is 0 Å². The lowest BCUT2D eigenvalue weighted by Gasteiger charge is -2.30. The first-order valence-electron chi connectivity index (χ1n) is 9.88. The molecule has 7 nitrogen and oxygen atoms in total. The fourth-order valence-electron chi connectivity index (χ4n) is 3.48. The van der Waals surface area contributed by atoms with Crippen LogP contribution in [0.2, 0.25) is 0 Å². The molecule has 1 aromatic carbocycles. The Morgan fingerprint density at radius 3 is 2.61 bits per heavy atom. The van der Waals surface area contributed by atoms with Crippen LogP contribution < -0.4 is 10.6 Å². The molecule has 0 aliphatic carbocycles. The molecule has 1 saturated heterocycles. The average molecular weight is 383 g/mol. The summed E-state index contributed by atoms with van der Waals surface area (Å²) in [5.41, 5.74) is 3.86. The normalized spacial score (nSPS) is 15.4. The van der Waals surface area contributed by atoms with Gasteiger partial charge in [0.2, 0.25) is 11.8 Å². The van der Waals surface area contributed by atoms with E-state index in [2.05, 4.69) is 20.6 Å². The van der Waals surface area contributed by atoms with Crippen LogP contribution in [-0.2, 0) is 16.1 Å². The van der Waals surface area contributed by atoms with Crippen LogP contribution >= 0.6 is 0 Å². The maximum Gasteiger partial charge on any atom is 0.238 e. The van der Waals surface area contributed by atoms with E-state index in [4.69, 9.17) is 0 Å². The van der Waals surface area contributed by atoms with Crippen molar-refractivity contribution in [3.8, 4) is 0 Å². The summed E-state index contributed by atoms with van der Waals surface area (Å²) in [6.45, 7) is 8.67. The van der Waals surface area contributed by atoms with Gasteiger partial charge in [0, 0.05) is 24.3 Å². The van der Waals surface area contributed by atoms with Crippen LogP contribution in [0, 0.1) is 19.8 Å². The minimum absolute atomic E-state index is 0.0106. The first-order chi connectivity index (χ1) is 13.5. The number of aromatic nitrogens is 2. The van der Waals surface area contributed by atoms with Crippen LogP contribution in [0.3, 0.4) is 0 Å². The highest BCUT2D eigenvalue weighted by Crippen LogP contribution is 2.21. The minimum Gasteiger partial charge on any atom is -0.325 e. The van der Waals surface area contributed by atoms with E-state index in [1.54, 1.807) is 10.9 Å². The van der Waals surface area contributed by atoms with Gasteiger partial charge < -0.3 is 10.6 Å². The van der Waals surface area contributed by atoms with E-state index < -0.39 is 0 Å². The first kappa shape index (κ1) is 20.1. The van der Waals surface area contributed by atoms with Crippen molar-refractivity contribution in [2.75, 3.05) is 30.3 Å². The van der Waals surface area contributed by atoms with Gasteiger partial charge in [0.05, 0.1) is 18.4 Å². The lowest BCUT2D eigenvalue weighted by Crippen LogP contribution is -2.41. The number of anilines is 2. The number of likely N-dealkylation sites (tertiary alicyclic amines) is 1. The fourth-order valence-corrected chi connectivity index (χ4v) is 3.48. The molecule has 0 spiro atoms. The van der Waals surface area contributed by atoms with Crippen molar-refractivity contribution >= 4 is 23.2 Å². The van der Waals surface area contributed by atoms with E-state index in [1.165, 1.54) is 0 Å². The molecule has 1 fully saturated rings. The number of carbonyl (C=O) groups excluding carboxylic acids is 2. The number of carbonyl (C=O) groups is 2. The van der Waals surface area contributed by atoms with Crippen molar-refractivity contribution < 1.29 is 9.59 Å². The van der Waals surface area contributed by atoms with Gasteiger partial charge in [0.15, 0.2) is 0 Å². The Morgan fingerprint density at radius 2 is 1.93 bits per heavy atom. The molecular formula is C21H29N5O2. The zero-order valence-electron chi connectivity index (χ0n) is 16.9. The Morgan fingerprint density at radius 1 is 1.18 bits per heavy atom. The third kappa shape index (κ3) is 4.98. The third-order valence-corrected chi connectivity index (χ3v) is 5.43. The van der Waals surface area contributed by atoms with Crippen molar-refractivity contribution in [1.29, 1.82) is 0 Å². The number of nitrogens with zero attached hydrogens (tertiary/aromatic N) is 3. The molecule has 3 rings (SSSR count). The number of hydrogen-bond donors (Lipinski definition) is 2. The highest BCUT2D eigenvalue weighted by Gasteiger charge is 2.26. The maximum absolute atomic E-state index is 12.5. The van der Waals surface area contributed by atoms with Crippen LogP contribution in [0.4, 0.5) is 11.4 Å². The molecule has 0 saturated carbocycles. The van der Waals surface area contributed by atoms with Crippen LogP contribution in [0.5, 0.6) is 0 Å². The molecule has 2 heterocycles. The van der Waals surface area contributed by atoms with Gasteiger partial charge in [-0.3, -0.25) is 19.2 Å². The van der Waals surface area contributed by atoms with E-state index in [-0.39, 0.29) is 17.7 Å². The van der Waals surface area contributed by atoms with E-state index >= 15 is 0 Å². The van der Waals surface area contributed by atoms with Crippen molar-refractivity contribution in [2.24, 2.45) is 5.92 Å². The molecule has 0 bridgehead atoms.